The molecule has 0 spiro atoms. The number of H-pyrrole nitrogens is 1. The number of rotatable bonds is 5. The molecule has 0 unspecified atom stereocenters. The fourth-order valence-electron chi connectivity index (χ4n) is 2.28. The normalized spacial score (nSPS) is 11.9. The number of nitrogens with zero attached hydrogens (tertiary/aromatic N) is 2. The maximum absolute atomic E-state index is 12.7. The van der Waals surface area contributed by atoms with Gasteiger partial charge in [-0.2, -0.15) is 4.31 Å². The molecule has 114 valence electrons. The van der Waals surface area contributed by atoms with Crippen LogP contribution in [0.5, 0.6) is 0 Å². The number of aromatic nitrogens is 2. The minimum Gasteiger partial charge on any atom is -0.347 e. The Balaban J connectivity index is 2.39. The molecule has 0 radical (unpaired) electrons. The summed E-state index contributed by atoms with van der Waals surface area (Å²) in [5.41, 5.74) is 4.50. The van der Waals surface area contributed by atoms with Crippen molar-refractivity contribution in [2.45, 2.75) is 25.3 Å². The van der Waals surface area contributed by atoms with Crippen molar-refractivity contribution < 1.29 is 8.42 Å². The van der Waals surface area contributed by atoms with E-state index in [1.165, 1.54) is 11.4 Å². The van der Waals surface area contributed by atoms with E-state index in [0.29, 0.717) is 27.5 Å². The van der Waals surface area contributed by atoms with Crippen molar-refractivity contribution in [2.24, 2.45) is 5.84 Å². The van der Waals surface area contributed by atoms with Crippen LogP contribution in [-0.4, -0.2) is 29.7 Å². The Morgan fingerprint density at radius 3 is 2.43 bits per heavy atom. The third-order valence-electron chi connectivity index (χ3n) is 3.22. The summed E-state index contributed by atoms with van der Waals surface area (Å²) in [4.78, 5) is 7.24. The lowest BCUT2D eigenvalue weighted by Crippen LogP contribution is -2.28. The zero-order valence-corrected chi connectivity index (χ0v) is 13.0. The highest BCUT2D eigenvalue weighted by atomic mass is 32.2. The molecule has 2 aromatic rings. The molecule has 0 aliphatic heterocycles. The van der Waals surface area contributed by atoms with Gasteiger partial charge in [-0.3, -0.25) is 5.84 Å². The van der Waals surface area contributed by atoms with Gasteiger partial charge in [0.15, 0.2) is 0 Å². The minimum absolute atomic E-state index is 0.186. The van der Waals surface area contributed by atoms with E-state index in [0.717, 1.165) is 0 Å². The minimum atomic E-state index is -3.60. The number of nitrogen functional groups attached to an aromatic ring is 1. The van der Waals surface area contributed by atoms with Gasteiger partial charge < -0.3 is 10.4 Å². The molecule has 0 saturated carbocycles. The largest absolute Gasteiger partial charge is 0.347 e. The maximum Gasteiger partial charge on any atom is 0.243 e. The van der Waals surface area contributed by atoms with Crippen LogP contribution in [0.1, 0.15) is 17.0 Å². The Labute approximate surface area is 124 Å². The molecule has 0 bridgehead atoms. The van der Waals surface area contributed by atoms with Crippen molar-refractivity contribution in [1.29, 1.82) is 0 Å². The predicted molar refractivity (Wildman–Crippen MR) is 81.0 cm³/mol. The highest BCUT2D eigenvalue weighted by Gasteiger charge is 2.25. The summed E-state index contributed by atoms with van der Waals surface area (Å²) in [6.45, 7) is 3.69. The first-order valence-corrected chi connectivity index (χ1v) is 7.82. The molecule has 2 rings (SSSR count). The van der Waals surface area contributed by atoms with Gasteiger partial charge in [0.1, 0.15) is 5.82 Å². The molecule has 0 aliphatic rings. The Hall–Kier alpha value is -1.90. The van der Waals surface area contributed by atoms with Crippen LogP contribution in [-0.2, 0) is 16.6 Å². The molecule has 0 amide bonds. The Morgan fingerprint density at radius 1 is 1.33 bits per heavy atom. The number of hydrogen-bond donors (Lipinski definition) is 3. The molecule has 8 heteroatoms. The van der Waals surface area contributed by atoms with E-state index < -0.39 is 10.0 Å². The molecular formula is C13H19N5O2S. The van der Waals surface area contributed by atoms with Crippen LogP contribution in [0, 0.1) is 13.8 Å². The molecule has 4 N–H and O–H groups in total. The lowest BCUT2D eigenvalue weighted by molar-refractivity contribution is 0.457. The SMILES string of the molecule is Cc1cc(NN)cc(C)c1S(=O)(=O)N(C)Cc1ncc[nH]1. The number of sulfonamides is 1. The van der Waals surface area contributed by atoms with Crippen molar-refractivity contribution in [1.82, 2.24) is 14.3 Å². The van der Waals surface area contributed by atoms with Gasteiger partial charge >= 0.3 is 0 Å². The number of anilines is 1. The van der Waals surface area contributed by atoms with Crippen LogP contribution in [0.2, 0.25) is 0 Å². The van der Waals surface area contributed by atoms with E-state index in [1.807, 2.05) is 0 Å². The van der Waals surface area contributed by atoms with Gasteiger partial charge in [-0.05, 0) is 37.1 Å². The first-order chi connectivity index (χ1) is 9.86. The van der Waals surface area contributed by atoms with Crippen LogP contribution in [0.25, 0.3) is 0 Å². The van der Waals surface area contributed by atoms with Crippen LogP contribution in [0.15, 0.2) is 29.4 Å². The number of aromatic amines is 1. The summed E-state index contributed by atoms with van der Waals surface area (Å²) >= 11 is 0. The molecule has 0 atom stereocenters. The number of benzene rings is 1. The molecule has 0 saturated heterocycles. The smallest absolute Gasteiger partial charge is 0.243 e. The number of nitrogens with one attached hydrogen (secondary N) is 2. The van der Waals surface area contributed by atoms with Crippen molar-refractivity contribution in [3.05, 3.63) is 41.5 Å². The van der Waals surface area contributed by atoms with Crippen molar-refractivity contribution in [3.63, 3.8) is 0 Å². The highest BCUT2D eigenvalue weighted by molar-refractivity contribution is 7.89. The molecule has 1 aromatic carbocycles. The summed E-state index contributed by atoms with van der Waals surface area (Å²) in [6.07, 6.45) is 3.25. The summed E-state index contributed by atoms with van der Waals surface area (Å²) in [6, 6.07) is 3.42. The van der Waals surface area contributed by atoms with E-state index in [-0.39, 0.29) is 6.54 Å². The number of hydrogen-bond acceptors (Lipinski definition) is 5. The maximum atomic E-state index is 12.7. The average Bonchev–Trinajstić information content (AvgIpc) is 2.90. The van der Waals surface area contributed by atoms with Gasteiger partial charge in [-0.15, -0.1) is 0 Å². The first kappa shape index (κ1) is 15.5. The molecule has 0 fully saturated rings. The van der Waals surface area contributed by atoms with E-state index in [2.05, 4.69) is 15.4 Å². The zero-order valence-electron chi connectivity index (χ0n) is 12.2. The van der Waals surface area contributed by atoms with E-state index in [1.54, 1.807) is 38.4 Å². The lowest BCUT2D eigenvalue weighted by atomic mass is 10.1. The number of aryl methyl sites for hydroxylation is 2. The standard InChI is InChI=1S/C13H19N5O2S/c1-9-6-11(17-14)7-10(2)13(9)21(19,20)18(3)8-12-15-4-5-16-12/h4-7,17H,8,14H2,1-3H3,(H,15,16). The molecular weight excluding hydrogens is 290 g/mol. The van der Waals surface area contributed by atoms with Gasteiger partial charge in [-0.25, -0.2) is 13.4 Å². The zero-order chi connectivity index (χ0) is 15.6. The van der Waals surface area contributed by atoms with Crippen LogP contribution >= 0.6 is 0 Å². The second-order valence-electron chi connectivity index (χ2n) is 4.88. The van der Waals surface area contributed by atoms with Gasteiger partial charge in [0.2, 0.25) is 10.0 Å². The monoisotopic (exact) mass is 309 g/mol. The van der Waals surface area contributed by atoms with Crippen LogP contribution in [0.4, 0.5) is 5.69 Å². The highest BCUT2D eigenvalue weighted by Crippen LogP contribution is 2.26. The topological polar surface area (TPSA) is 104 Å². The van der Waals surface area contributed by atoms with Crippen LogP contribution in [0.3, 0.4) is 0 Å². The number of hydrazine groups is 1. The molecule has 1 aromatic heterocycles. The lowest BCUT2D eigenvalue weighted by Gasteiger charge is -2.20. The molecule has 0 aliphatic carbocycles. The summed E-state index contributed by atoms with van der Waals surface area (Å²) in [5, 5.41) is 0. The summed E-state index contributed by atoms with van der Waals surface area (Å²) in [5.74, 6) is 5.97. The van der Waals surface area contributed by atoms with Crippen molar-refractivity contribution in [3.8, 4) is 0 Å². The van der Waals surface area contributed by atoms with Gasteiger partial charge in [0.05, 0.1) is 11.4 Å². The predicted octanol–water partition coefficient (Wildman–Crippen LogP) is 1.13. The van der Waals surface area contributed by atoms with E-state index >= 15 is 0 Å². The summed E-state index contributed by atoms with van der Waals surface area (Å²) < 4.78 is 26.7. The third kappa shape index (κ3) is 3.07. The molecule has 21 heavy (non-hydrogen) atoms. The van der Waals surface area contributed by atoms with Crippen molar-refractivity contribution >= 4 is 15.7 Å². The second kappa shape index (κ2) is 5.84. The summed E-state index contributed by atoms with van der Waals surface area (Å²) in [7, 11) is -2.06. The molecule has 7 nitrogen and oxygen atoms in total. The van der Waals surface area contributed by atoms with Gasteiger partial charge in [0, 0.05) is 25.1 Å². The Kier molecular flexibility index (Phi) is 4.31. The fourth-order valence-corrected chi connectivity index (χ4v) is 3.81. The Morgan fingerprint density at radius 2 is 1.95 bits per heavy atom. The van der Waals surface area contributed by atoms with E-state index in [4.69, 9.17) is 5.84 Å². The fraction of sp³-hybridized carbons (Fsp3) is 0.308. The number of nitrogens with two attached hydrogens (primary N) is 1. The second-order valence-corrected chi connectivity index (χ2v) is 6.86. The van der Waals surface area contributed by atoms with Gasteiger partial charge in [-0.1, -0.05) is 0 Å². The third-order valence-corrected chi connectivity index (χ3v) is 5.33. The quantitative estimate of drug-likeness (QED) is 0.567. The molecule has 1 heterocycles. The van der Waals surface area contributed by atoms with Gasteiger partial charge in [0.25, 0.3) is 0 Å². The number of imidazole rings is 1. The van der Waals surface area contributed by atoms with Crippen molar-refractivity contribution in [2.75, 3.05) is 12.5 Å². The average molecular weight is 309 g/mol. The Bertz CT molecular complexity index is 702. The van der Waals surface area contributed by atoms with Crippen LogP contribution < -0.4 is 11.3 Å². The first-order valence-electron chi connectivity index (χ1n) is 6.38. The van der Waals surface area contributed by atoms with E-state index in [9.17, 15) is 8.42 Å².